The Hall–Kier alpha value is -0.860. The lowest BCUT2D eigenvalue weighted by molar-refractivity contribution is 0.385. The summed E-state index contributed by atoms with van der Waals surface area (Å²) in [6.07, 6.45) is 10.3. The second-order valence-corrected chi connectivity index (χ2v) is 5.31. The molecule has 0 aliphatic heterocycles. The Kier molecular flexibility index (Phi) is 4.79. The minimum absolute atomic E-state index is 0.725. The van der Waals surface area contributed by atoms with Crippen molar-refractivity contribution in [3.05, 3.63) is 11.6 Å². The minimum Gasteiger partial charge on any atom is -0.312 e. The van der Waals surface area contributed by atoms with Gasteiger partial charge in [-0.1, -0.05) is 33.6 Å². The van der Waals surface area contributed by atoms with Crippen molar-refractivity contribution in [2.24, 2.45) is 0 Å². The largest absolute Gasteiger partial charge is 0.312 e. The molecule has 102 valence electrons. The zero-order chi connectivity index (χ0) is 13.0. The zero-order valence-corrected chi connectivity index (χ0v) is 12.2. The van der Waals surface area contributed by atoms with E-state index in [9.17, 15) is 0 Å². The monoisotopic (exact) mass is 249 g/mol. The predicted octanol–water partition coefficient (Wildman–Crippen LogP) is 4.25. The van der Waals surface area contributed by atoms with E-state index in [1.54, 1.807) is 0 Å². The van der Waals surface area contributed by atoms with Crippen molar-refractivity contribution in [1.29, 1.82) is 0 Å². The molecule has 0 radical (unpaired) electrons. The zero-order valence-electron chi connectivity index (χ0n) is 12.2. The van der Waals surface area contributed by atoms with Gasteiger partial charge in [-0.25, -0.2) is 0 Å². The summed E-state index contributed by atoms with van der Waals surface area (Å²) in [4.78, 5) is 0. The van der Waals surface area contributed by atoms with Gasteiger partial charge in [0.05, 0.1) is 0 Å². The smallest absolute Gasteiger partial charge is 0.136 e. The van der Waals surface area contributed by atoms with Gasteiger partial charge in [-0.3, -0.25) is 0 Å². The van der Waals surface area contributed by atoms with Crippen molar-refractivity contribution < 1.29 is 0 Å². The van der Waals surface area contributed by atoms with Crippen molar-refractivity contribution in [3.63, 3.8) is 0 Å². The van der Waals surface area contributed by atoms with Gasteiger partial charge in [0.1, 0.15) is 11.6 Å². The lowest BCUT2D eigenvalue weighted by atomic mass is 9.85. The Bertz CT molecular complexity index is 362. The number of rotatable bonds is 5. The molecule has 0 spiro atoms. The average Bonchev–Trinajstić information content (AvgIpc) is 3.10. The third-order valence-electron chi connectivity index (χ3n) is 3.93. The molecular formula is C15H27N3. The van der Waals surface area contributed by atoms with Crippen LogP contribution in [0.15, 0.2) is 0 Å². The van der Waals surface area contributed by atoms with Crippen LogP contribution in [0.1, 0.15) is 89.3 Å². The lowest BCUT2D eigenvalue weighted by Crippen LogP contribution is -2.16. The summed E-state index contributed by atoms with van der Waals surface area (Å²) in [6, 6.07) is 0.748. The van der Waals surface area contributed by atoms with E-state index in [0.29, 0.717) is 0 Å². The molecule has 3 heteroatoms. The van der Waals surface area contributed by atoms with Crippen LogP contribution >= 0.6 is 0 Å². The van der Waals surface area contributed by atoms with Gasteiger partial charge in [0.15, 0.2) is 0 Å². The van der Waals surface area contributed by atoms with Crippen LogP contribution in [-0.2, 0) is 6.42 Å². The van der Waals surface area contributed by atoms with E-state index in [1.165, 1.54) is 56.6 Å². The summed E-state index contributed by atoms with van der Waals surface area (Å²) in [5.74, 6) is 3.29. The Morgan fingerprint density at radius 2 is 1.83 bits per heavy atom. The van der Waals surface area contributed by atoms with Gasteiger partial charge < -0.3 is 4.57 Å². The SMILES string of the molecule is CC.CCCCc1nnc(C2CCC2)n1C1CC1. The molecule has 3 nitrogen and oxygen atoms in total. The van der Waals surface area contributed by atoms with Crippen molar-refractivity contribution in [3.8, 4) is 0 Å². The van der Waals surface area contributed by atoms with E-state index in [1.807, 2.05) is 13.8 Å². The molecule has 0 saturated heterocycles. The number of hydrogen-bond donors (Lipinski definition) is 0. The van der Waals surface area contributed by atoms with Crippen LogP contribution in [0.5, 0.6) is 0 Å². The second-order valence-electron chi connectivity index (χ2n) is 5.31. The number of aromatic nitrogens is 3. The summed E-state index contributed by atoms with van der Waals surface area (Å²) in [5, 5.41) is 8.90. The molecule has 0 atom stereocenters. The highest BCUT2D eigenvalue weighted by molar-refractivity contribution is 5.09. The van der Waals surface area contributed by atoms with Crippen LogP contribution in [0.25, 0.3) is 0 Å². The molecule has 2 aliphatic rings. The van der Waals surface area contributed by atoms with E-state index in [4.69, 9.17) is 0 Å². The number of aryl methyl sites for hydroxylation is 1. The Balaban J connectivity index is 0.000000574. The predicted molar refractivity (Wildman–Crippen MR) is 74.8 cm³/mol. The minimum atomic E-state index is 0.725. The quantitative estimate of drug-likeness (QED) is 0.781. The first-order chi connectivity index (χ1) is 8.90. The maximum Gasteiger partial charge on any atom is 0.136 e. The summed E-state index contributed by atoms with van der Waals surface area (Å²) in [5.41, 5.74) is 0. The van der Waals surface area contributed by atoms with E-state index in [2.05, 4.69) is 21.7 Å². The Morgan fingerprint density at radius 3 is 2.33 bits per heavy atom. The molecule has 0 amide bonds. The molecule has 2 aliphatic carbocycles. The van der Waals surface area contributed by atoms with Gasteiger partial charge in [-0.2, -0.15) is 0 Å². The van der Waals surface area contributed by atoms with E-state index in [-0.39, 0.29) is 0 Å². The van der Waals surface area contributed by atoms with Gasteiger partial charge in [0.2, 0.25) is 0 Å². The number of unbranched alkanes of at least 4 members (excludes halogenated alkanes) is 1. The van der Waals surface area contributed by atoms with Crippen LogP contribution in [0.2, 0.25) is 0 Å². The molecule has 3 rings (SSSR count). The molecule has 2 fully saturated rings. The Labute approximate surface area is 111 Å². The summed E-state index contributed by atoms with van der Waals surface area (Å²) in [6.45, 7) is 6.24. The molecule has 1 aromatic heterocycles. The molecule has 1 aromatic rings. The molecule has 0 aromatic carbocycles. The Morgan fingerprint density at radius 1 is 1.11 bits per heavy atom. The fourth-order valence-electron chi connectivity index (χ4n) is 2.52. The van der Waals surface area contributed by atoms with Gasteiger partial charge in [0, 0.05) is 18.4 Å². The topological polar surface area (TPSA) is 30.7 Å². The fourth-order valence-corrected chi connectivity index (χ4v) is 2.52. The maximum atomic E-state index is 4.47. The van der Waals surface area contributed by atoms with Crippen LogP contribution in [0, 0.1) is 0 Å². The van der Waals surface area contributed by atoms with Gasteiger partial charge >= 0.3 is 0 Å². The van der Waals surface area contributed by atoms with E-state index in [0.717, 1.165) is 18.4 Å². The van der Waals surface area contributed by atoms with Crippen molar-refractivity contribution in [1.82, 2.24) is 14.8 Å². The van der Waals surface area contributed by atoms with Crippen LogP contribution in [0.3, 0.4) is 0 Å². The highest BCUT2D eigenvalue weighted by atomic mass is 15.3. The van der Waals surface area contributed by atoms with Crippen LogP contribution in [-0.4, -0.2) is 14.8 Å². The average molecular weight is 249 g/mol. The third kappa shape index (κ3) is 2.76. The first-order valence-corrected chi connectivity index (χ1v) is 7.83. The normalized spacial score (nSPS) is 19.1. The molecular weight excluding hydrogens is 222 g/mol. The highest BCUT2D eigenvalue weighted by Crippen LogP contribution is 2.42. The second kappa shape index (κ2) is 6.35. The molecule has 1 heterocycles. The first-order valence-electron chi connectivity index (χ1n) is 7.83. The molecule has 18 heavy (non-hydrogen) atoms. The van der Waals surface area contributed by atoms with Gasteiger partial charge in [0.25, 0.3) is 0 Å². The summed E-state index contributed by atoms with van der Waals surface area (Å²) in [7, 11) is 0. The lowest BCUT2D eigenvalue weighted by Gasteiger charge is -2.25. The van der Waals surface area contributed by atoms with Crippen LogP contribution in [0.4, 0.5) is 0 Å². The standard InChI is InChI=1S/C13H21N3.C2H6/c1-2-3-7-12-14-15-13(10-5-4-6-10)16(12)11-8-9-11;1-2/h10-11H,2-9H2,1H3;1-2H3. The van der Waals surface area contributed by atoms with E-state index < -0.39 is 0 Å². The van der Waals surface area contributed by atoms with Gasteiger partial charge in [-0.05, 0) is 32.1 Å². The number of nitrogens with zero attached hydrogens (tertiary/aromatic N) is 3. The van der Waals surface area contributed by atoms with Crippen molar-refractivity contribution in [2.75, 3.05) is 0 Å². The fraction of sp³-hybridized carbons (Fsp3) is 0.867. The van der Waals surface area contributed by atoms with Crippen molar-refractivity contribution in [2.45, 2.75) is 84.1 Å². The highest BCUT2D eigenvalue weighted by Gasteiger charge is 2.33. The molecule has 0 unspecified atom stereocenters. The number of hydrogen-bond acceptors (Lipinski definition) is 2. The third-order valence-corrected chi connectivity index (χ3v) is 3.93. The molecule has 0 bridgehead atoms. The van der Waals surface area contributed by atoms with Crippen molar-refractivity contribution >= 4 is 0 Å². The molecule has 0 N–H and O–H groups in total. The maximum absolute atomic E-state index is 4.47. The van der Waals surface area contributed by atoms with E-state index >= 15 is 0 Å². The first kappa shape index (κ1) is 13.6. The van der Waals surface area contributed by atoms with Crippen LogP contribution < -0.4 is 0 Å². The molecule has 2 saturated carbocycles. The van der Waals surface area contributed by atoms with Gasteiger partial charge in [-0.15, -0.1) is 10.2 Å². The summed E-state index contributed by atoms with van der Waals surface area (Å²) < 4.78 is 2.49. The summed E-state index contributed by atoms with van der Waals surface area (Å²) >= 11 is 0.